The van der Waals surface area contributed by atoms with Crippen molar-refractivity contribution in [3.63, 3.8) is 0 Å². The molecule has 0 fully saturated rings. The lowest BCUT2D eigenvalue weighted by molar-refractivity contribution is 0.232. The molecule has 0 atom stereocenters. The normalized spacial score (nSPS) is 11.1. The van der Waals surface area contributed by atoms with E-state index in [4.69, 9.17) is 5.11 Å². The highest BCUT2D eigenvalue weighted by atomic mass is 16.3. The Hall–Kier alpha value is -1.55. The van der Waals surface area contributed by atoms with Gasteiger partial charge in [0.1, 0.15) is 0 Å². The number of nitrogens with one attached hydrogen (secondary N) is 2. The molecule has 2 amide bonds. The molecule has 0 radical (unpaired) electrons. The highest BCUT2D eigenvalue weighted by Gasteiger charge is 2.21. The van der Waals surface area contributed by atoms with E-state index in [9.17, 15) is 4.79 Å². The molecule has 0 aliphatic rings. The van der Waals surface area contributed by atoms with Gasteiger partial charge in [0, 0.05) is 18.5 Å². The van der Waals surface area contributed by atoms with E-state index >= 15 is 0 Å². The summed E-state index contributed by atoms with van der Waals surface area (Å²) in [5.41, 5.74) is 2.29. The predicted molar refractivity (Wildman–Crippen MR) is 72.7 cm³/mol. The zero-order valence-corrected chi connectivity index (χ0v) is 11.3. The zero-order chi connectivity index (χ0) is 13.6. The van der Waals surface area contributed by atoms with Gasteiger partial charge in [-0.3, -0.25) is 0 Å². The Labute approximate surface area is 108 Å². The van der Waals surface area contributed by atoms with E-state index in [1.807, 2.05) is 6.07 Å². The number of aryl methyl sites for hydroxylation is 1. The highest BCUT2D eigenvalue weighted by Crippen LogP contribution is 2.22. The second kappa shape index (κ2) is 6.40. The first-order valence-electron chi connectivity index (χ1n) is 6.15. The Bertz CT molecular complexity index is 403. The number of benzene rings is 1. The van der Waals surface area contributed by atoms with Crippen LogP contribution in [0.1, 0.15) is 25.0 Å². The maximum Gasteiger partial charge on any atom is 0.314 e. The van der Waals surface area contributed by atoms with E-state index in [0.29, 0.717) is 6.54 Å². The molecule has 0 aliphatic heterocycles. The lowest BCUT2D eigenvalue weighted by Gasteiger charge is -2.26. The summed E-state index contributed by atoms with van der Waals surface area (Å²) >= 11 is 0. The van der Waals surface area contributed by atoms with Crippen molar-refractivity contribution in [3.8, 4) is 0 Å². The van der Waals surface area contributed by atoms with Gasteiger partial charge in [0.15, 0.2) is 0 Å². The van der Waals surface area contributed by atoms with Gasteiger partial charge in [0.2, 0.25) is 0 Å². The van der Waals surface area contributed by atoms with Gasteiger partial charge in [0.05, 0.1) is 6.61 Å². The maximum absolute atomic E-state index is 11.4. The first-order valence-corrected chi connectivity index (χ1v) is 6.15. The summed E-state index contributed by atoms with van der Waals surface area (Å²) < 4.78 is 0. The van der Waals surface area contributed by atoms with Crippen LogP contribution in [0.15, 0.2) is 24.3 Å². The van der Waals surface area contributed by atoms with Gasteiger partial charge in [0.25, 0.3) is 0 Å². The molecular weight excluding hydrogens is 228 g/mol. The van der Waals surface area contributed by atoms with Crippen LogP contribution < -0.4 is 10.6 Å². The van der Waals surface area contributed by atoms with Gasteiger partial charge in [-0.05, 0) is 12.5 Å². The summed E-state index contributed by atoms with van der Waals surface area (Å²) in [6.07, 6.45) is 0. The van der Waals surface area contributed by atoms with Crippen LogP contribution in [0.25, 0.3) is 0 Å². The average molecular weight is 250 g/mol. The number of urea groups is 1. The van der Waals surface area contributed by atoms with Crippen LogP contribution in [-0.2, 0) is 5.41 Å². The number of hydrogen-bond acceptors (Lipinski definition) is 2. The van der Waals surface area contributed by atoms with Gasteiger partial charge in [-0.15, -0.1) is 0 Å². The number of aliphatic hydroxyl groups is 1. The molecule has 1 aromatic rings. The zero-order valence-electron chi connectivity index (χ0n) is 11.3. The van der Waals surface area contributed by atoms with E-state index in [2.05, 4.69) is 49.6 Å². The molecule has 4 heteroatoms. The monoisotopic (exact) mass is 250 g/mol. The number of carbonyl (C=O) groups is 1. The average Bonchev–Trinajstić information content (AvgIpc) is 2.34. The maximum atomic E-state index is 11.4. The van der Waals surface area contributed by atoms with Gasteiger partial charge in [-0.2, -0.15) is 0 Å². The van der Waals surface area contributed by atoms with E-state index in [-0.39, 0.29) is 24.6 Å². The summed E-state index contributed by atoms with van der Waals surface area (Å²) in [5.74, 6) is 0. The van der Waals surface area contributed by atoms with Crippen molar-refractivity contribution in [2.24, 2.45) is 0 Å². The Balaban J connectivity index is 2.57. The van der Waals surface area contributed by atoms with Crippen molar-refractivity contribution in [3.05, 3.63) is 35.4 Å². The molecule has 0 heterocycles. The van der Waals surface area contributed by atoms with Crippen molar-refractivity contribution < 1.29 is 9.90 Å². The minimum Gasteiger partial charge on any atom is -0.395 e. The molecule has 100 valence electrons. The standard InChI is InChI=1S/C14H22N2O2/c1-11-5-4-6-12(9-11)14(2,3)10-16-13(18)15-7-8-17/h4-6,9,17H,7-8,10H2,1-3H3,(H2,15,16,18). The molecule has 0 bridgehead atoms. The van der Waals surface area contributed by atoms with Gasteiger partial charge < -0.3 is 15.7 Å². The third-order valence-electron chi connectivity index (χ3n) is 2.89. The van der Waals surface area contributed by atoms with Gasteiger partial charge in [-0.25, -0.2) is 4.79 Å². The molecule has 0 aliphatic carbocycles. The van der Waals surface area contributed by atoms with Crippen LogP contribution in [0.4, 0.5) is 4.79 Å². The van der Waals surface area contributed by atoms with Crippen LogP contribution in [0.5, 0.6) is 0 Å². The van der Waals surface area contributed by atoms with Crippen LogP contribution in [0, 0.1) is 6.92 Å². The number of hydrogen-bond donors (Lipinski definition) is 3. The first kappa shape index (κ1) is 14.5. The molecule has 4 nitrogen and oxygen atoms in total. The molecular formula is C14H22N2O2. The molecule has 18 heavy (non-hydrogen) atoms. The fourth-order valence-corrected chi connectivity index (χ4v) is 1.70. The third kappa shape index (κ3) is 4.37. The second-order valence-electron chi connectivity index (χ2n) is 5.09. The minimum atomic E-state index is -0.246. The number of aliphatic hydroxyl groups excluding tert-OH is 1. The number of rotatable bonds is 5. The largest absolute Gasteiger partial charge is 0.395 e. The highest BCUT2D eigenvalue weighted by molar-refractivity contribution is 5.73. The molecule has 0 aromatic heterocycles. The molecule has 0 saturated heterocycles. The summed E-state index contributed by atoms with van der Waals surface area (Å²) in [6.45, 7) is 7.02. The SMILES string of the molecule is Cc1cccc(C(C)(C)CNC(=O)NCCO)c1. The smallest absolute Gasteiger partial charge is 0.314 e. The van der Waals surface area contributed by atoms with E-state index in [1.165, 1.54) is 11.1 Å². The summed E-state index contributed by atoms with van der Waals surface area (Å²) in [5, 5.41) is 14.0. The topological polar surface area (TPSA) is 61.4 Å². The van der Waals surface area contributed by atoms with Crippen LogP contribution >= 0.6 is 0 Å². The molecule has 0 spiro atoms. The van der Waals surface area contributed by atoms with Crippen molar-refractivity contribution in [1.29, 1.82) is 0 Å². The minimum absolute atomic E-state index is 0.0469. The van der Waals surface area contributed by atoms with Crippen molar-refractivity contribution in [1.82, 2.24) is 10.6 Å². The predicted octanol–water partition coefficient (Wildman–Crippen LogP) is 1.56. The number of amides is 2. The first-order chi connectivity index (χ1) is 8.45. The Morgan fingerprint density at radius 2 is 2.06 bits per heavy atom. The second-order valence-corrected chi connectivity index (χ2v) is 5.09. The van der Waals surface area contributed by atoms with E-state index in [0.717, 1.165) is 0 Å². The summed E-state index contributed by atoms with van der Waals surface area (Å²) in [6, 6.07) is 8.04. The van der Waals surface area contributed by atoms with E-state index in [1.54, 1.807) is 0 Å². The molecule has 1 rings (SSSR count). The van der Waals surface area contributed by atoms with Crippen LogP contribution in [0.3, 0.4) is 0 Å². The number of carbonyl (C=O) groups excluding carboxylic acids is 1. The Morgan fingerprint density at radius 1 is 1.33 bits per heavy atom. The van der Waals surface area contributed by atoms with Crippen molar-refractivity contribution in [2.45, 2.75) is 26.2 Å². The molecule has 0 unspecified atom stereocenters. The third-order valence-corrected chi connectivity index (χ3v) is 2.89. The van der Waals surface area contributed by atoms with Crippen LogP contribution in [0.2, 0.25) is 0 Å². The Morgan fingerprint density at radius 3 is 2.67 bits per heavy atom. The van der Waals surface area contributed by atoms with Gasteiger partial charge in [-0.1, -0.05) is 43.7 Å². The molecule has 3 N–H and O–H groups in total. The van der Waals surface area contributed by atoms with E-state index < -0.39 is 0 Å². The summed E-state index contributed by atoms with van der Waals surface area (Å²) in [7, 11) is 0. The summed E-state index contributed by atoms with van der Waals surface area (Å²) in [4.78, 5) is 11.4. The quantitative estimate of drug-likeness (QED) is 0.742. The van der Waals surface area contributed by atoms with Crippen LogP contribution in [-0.4, -0.2) is 30.8 Å². The van der Waals surface area contributed by atoms with Crippen molar-refractivity contribution in [2.75, 3.05) is 19.7 Å². The lowest BCUT2D eigenvalue weighted by Crippen LogP contribution is -2.43. The van der Waals surface area contributed by atoms with Gasteiger partial charge >= 0.3 is 6.03 Å². The molecule has 1 aromatic carbocycles. The van der Waals surface area contributed by atoms with Crippen molar-refractivity contribution >= 4 is 6.03 Å². The lowest BCUT2D eigenvalue weighted by atomic mass is 9.84. The fraction of sp³-hybridized carbons (Fsp3) is 0.500. The fourth-order valence-electron chi connectivity index (χ4n) is 1.70. The molecule has 0 saturated carbocycles. The Kier molecular flexibility index (Phi) is 5.16.